The van der Waals surface area contributed by atoms with Crippen molar-refractivity contribution < 1.29 is 14.7 Å². The molecular formula is C21H33NO3. The highest BCUT2D eigenvalue weighted by Crippen LogP contribution is 2.16. The van der Waals surface area contributed by atoms with Crippen molar-refractivity contribution in [2.45, 2.75) is 78.2 Å². The summed E-state index contributed by atoms with van der Waals surface area (Å²) in [6, 6.07) is 5.98. The van der Waals surface area contributed by atoms with E-state index in [1.54, 1.807) is 0 Å². The summed E-state index contributed by atoms with van der Waals surface area (Å²) in [5, 5.41) is 11.8. The van der Waals surface area contributed by atoms with Crippen molar-refractivity contribution in [2.24, 2.45) is 0 Å². The van der Waals surface area contributed by atoms with Crippen LogP contribution in [0.5, 0.6) is 0 Å². The Morgan fingerprint density at radius 3 is 2.40 bits per heavy atom. The van der Waals surface area contributed by atoms with E-state index in [2.05, 4.69) is 18.3 Å². The molecular weight excluding hydrogens is 314 g/mol. The van der Waals surface area contributed by atoms with Gasteiger partial charge in [0.15, 0.2) is 5.78 Å². The van der Waals surface area contributed by atoms with Crippen molar-refractivity contribution >= 4 is 11.8 Å². The first-order valence-electron chi connectivity index (χ1n) is 9.59. The number of carboxylic acids is 1. The predicted molar refractivity (Wildman–Crippen MR) is 102 cm³/mol. The number of rotatable bonds is 14. The van der Waals surface area contributed by atoms with Crippen LogP contribution in [0.25, 0.3) is 0 Å². The molecule has 0 radical (unpaired) electrons. The minimum Gasteiger partial charge on any atom is -0.481 e. The third-order valence-corrected chi connectivity index (χ3v) is 4.42. The third kappa shape index (κ3) is 9.40. The first-order valence-corrected chi connectivity index (χ1v) is 9.59. The van der Waals surface area contributed by atoms with Gasteiger partial charge in [-0.05, 0) is 37.4 Å². The Balaban J connectivity index is 2.33. The molecule has 1 rings (SSSR count). The quantitative estimate of drug-likeness (QED) is 0.372. The molecule has 0 aliphatic rings. The number of benzene rings is 1. The Morgan fingerprint density at radius 2 is 1.72 bits per heavy atom. The van der Waals surface area contributed by atoms with Crippen LogP contribution in [0.4, 0.5) is 0 Å². The lowest BCUT2D eigenvalue weighted by atomic mass is 9.98. The number of ketones is 1. The molecule has 4 nitrogen and oxygen atoms in total. The molecule has 0 amide bonds. The van der Waals surface area contributed by atoms with E-state index >= 15 is 0 Å². The van der Waals surface area contributed by atoms with Gasteiger partial charge in [0.1, 0.15) is 0 Å². The van der Waals surface area contributed by atoms with Crippen molar-refractivity contribution in [3.63, 3.8) is 0 Å². The van der Waals surface area contributed by atoms with Crippen molar-refractivity contribution in [3.05, 3.63) is 34.9 Å². The number of aliphatic carboxylic acids is 1. The van der Waals surface area contributed by atoms with Crippen LogP contribution in [0.2, 0.25) is 0 Å². The Morgan fingerprint density at radius 1 is 1.00 bits per heavy atom. The number of nitrogens with one attached hydrogen (secondary N) is 1. The molecule has 0 aliphatic carbocycles. The minimum absolute atomic E-state index is 0.192. The predicted octanol–water partition coefficient (Wildman–Crippen LogP) is 4.88. The second-order valence-electron chi connectivity index (χ2n) is 6.76. The molecule has 1 aromatic carbocycles. The maximum Gasteiger partial charge on any atom is 0.303 e. The summed E-state index contributed by atoms with van der Waals surface area (Å²) < 4.78 is 0. The first-order chi connectivity index (χ1) is 12.0. The number of Topliss-reactive ketones (excluding diaryl/α,β-unsaturated/α-hetero) is 1. The van der Waals surface area contributed by atoms with Gasteiger partial charge in [0.05, 0.1) is 0 Å². The normalized spacial score (nSPS) is 10.8. The fraction of sp³-hybridized carbons (Fsp3) is 0.619. The van der Waals surface area contributed by atoms with Crippen LogP contribution in [-0.4, -0.2) is 23.4 Å². The summed E-state index contributed by atoms with van der Waals surface area (Å²) in [5.74, 6) is -0.514. The highest BCUT2D eigenvalue weighted by atomic mass is 16.4. The molecule has 25 heavy (non-hydrogen) atoms. The lowest BCUT2D eigenvalue weighted by molar-refractivity contribution is -0.137. The summed E-state index contributed by atoms with van der Waals surface area (Å²) in [6.45, 7) is 5.58. The zero-order valence-electron chi connectivity index (χ0n) is 15.8. The lowest BCUT2D eigenvalue weighted by Gasteiger charge is -2.09. The highest BCUT2D eigenvalue weighted by Gasteiger charge is 2.09. The summed E-state index contributed by atoms with van der Waals surface area (Å²) in [4.78, 5) is 22.8. The van der Waals surface area contributed by atoms with E-state index in [0.717, 1.165) is 29.5 Å². The molecule has 0 heterocycles. The van der Waals surface area contributed by atoms with E-state index < -0.39 is 5.97 Å². The summed E-state index contributed by atoms with van der Waals surface area (Å²) in [5.41, 5.74) is 2.99. The van der Waals surface area contributed by atoms with Crippen molar-refractivity contribution in [1.29, 1.82) is 0 Å². The Hall–Kier alpha value is -1.68. The molecule has 0 aromatic heterocycles. The lowest BCUT2D eigenvalue weighted by Crippen LogP contribution is -2.16. The molecule has 4 heteroatoms. The number of unbranched alkanes of at least 4 members (excludes halogenated alkanes) is 5. The highest BCUT2D eigenvalue weighted by molar-refractivity contribution is 5.97. The van der Waals surface area contributed by atoms with Crippen LogP contribution in [0, 0.1) is 6.92 Å². The Bertz CT molecular complexity index is 540. The molecule has 0 bridgehead atoms. The van der Waals surface area contributed by atoms with Gasteiger partial charge in [-0.15, -0.1) is 0 Å². The van der Waals surface area contributed by atoms with Gasteiger partial charge in [-0.2, -0.15) is 0 Å². The van der Waals surface area contributed by atoms with Crippen LogP contribution in [0.15, 0.2) is 18.2 Å². The third-order valence-electron chi connectivity index (χ3n) is 4.42. The largest absolute Gasteiger partial charge is 0.481 e. The van der Waals surface area contributed by atoms with Gasteiger partial charge >= 0.3 is 5.97 Å². The molecule has 0 spiro atoms. The molecule has 1 aromatic rings. The van der Waals surface area contributed by atoms with Crippen LogP contribution in [0.1, 0.15) is 86.2 Å². The van der Waals surface area contributed by atoms with Gasteiger partial charge in [0, 0.05) is 24.9 Å². The molecule has 0 unspecified atom stereocenters. The van der Waals surface area contributed by atoms with Gasteiger partial charge in [0.25, 0.3) is 0 Å². The van der Waals surface area contributed by atoms with Gasteiger partial charge in [-0.1, -0.05) is 57.2 Å². The second kappa shape index (κ2) is 12.6. The number of hydrogen-bond acceptors (Lipinski definition) is 3. The SMILES string of the molecule is CCCCCCCCC(=O)c1ccc(CNCCCC(=O)O)cc1C. The van der Waals surface area contributed by atoms with Crippen molar-refractivity contribution in [2.75, 3.05) is 6.54 Å². The van der Waals surface area contributed by atoms with E-state index in [1.807, 2.05) is 19.1 Å². The number of carboxylic acid groups (broad SMARTS) is 1. The fourth-order valence-electron chi connectivity index (χ4n) is 2.95. The number of carbonyl (C=O) groups is 2. The Labute approximate surface area is 152 Å². The molecule has 0 aliphatic heterocycles. The minimum atomic E-state index is -0.758. The number of aryl methyl sites for hydroxylation is 1. The molecule has 0 atom stereocenters. The molecule has 0 fully saturated rings. The topological polar surface area (TPSA) is 66.4 Å². The zero-order valence-corrected chi connectivity index (χ0v) is 15.8. The molecule has 140 valence electrons. The van der Waals surface area contributed by atoms with Crippen LogP contribution >= 0.6 is 0 Å². The summed E-state index contributed by atoms with van der Waals surface area (Å²) in [7, 11) is 0. The first kappa shape index (κ1) is 21.4. The van der Waals surface area contributed by atoms with E-state index in [0.29, 0.717) is 25.9 Å². The Kier molecular flexibility index (Phi) is 10.8. The maximum absolute atomic E-state index is 12.4. The van der Waals surface area contributed by atoms with E-state index in [-0.39, 0.29) is 12.2 Å². The standard InChI is InChI=1S/C21H33NO3/c1-3-4-5-6-7-8-10-20(23)19-13-12-18(15-17(19)2)16-22-14-9-11-21(24)25/h12-13,15,22H,3-11,14,16H2,1-2H3,(H,24,25). The zero-order chi connectivity index (χ0) is 18.5. The summed E-state index contributed by atoms with van der Waals surface area (Å²) in [6.07, 6.45) is 8.63. The van der Waals surface area contributed by atoms with Crippen LogP contribution < -0.4 is 5.32 Å². The number of hydrogen-bond donors (Lipinski definition) is 2. The van der Waals surface area contributed by atoms with Gasteiger partial charge in [-0.3, -0.25) is 9.59 Å². The van der Waals surface area contributed by atoms with Gasteiger partial charge < -0.3 is 10.4 Å². The average molecular weight is 347 g/mol. The molecule has 0 saturated heterocycles. The monoisotopic (exact) mass is 347 g/mol. The van der Waals surface area contributed by atoms with Gasteiger partial charge in [0.2, 0.25) is 0 Å². The smallest absolute Gasteiger partial charge is 0.303 e. The van der Waals surface area contributed by atoms with Crippen LogP contribution in [0.3, 0.4) is 0 Å². The second-order valence-corrected chi connectivity index (χ2v) is 6.76. The fourth-order valence-corrected chi connectivity index (χ4v) is 2.95. The molecule has 2 N–H and O–H groups in total. The van der Waals surface area contributed by atoms with Gasteiger partial charge in [-0.25, -0.2) is 0 Å². The maximum atomic E-state index is 12.4. The number of carbonyl (C=O) groups excluding carboxylic acids is 1. The van der Waals surface area contributed by atoms with E-state index in [9.17, 15) is 9.59 Å². The van der Waals surface area contributed by atoms with E-state index in [1.165, 1.54) is 25.7 Å². The van der Waals surface area contributed by atoms with Crippen molar-refractivity contribution in [1.82, 2.24) is 5.32 Å². The molecule has 0 saturated carbocycles. The average Bonchev–Trinajstić information content (AvgIpc) is 2.57. The van der Waals surface area contributed by atoms with E-state index in [4.69, 9.17) is 5.11 Å². The van der Waals surface area contributed by atoms with Crippen molar-refractivity contribution in [3.8, 4) is 0 Å². The summed E-state index contributed by atoms with van der Waals surface area (Å²) >= 11 is 0. The van der Waals surface area contributed by atoms with Crippen LogP contribution in [-0.2, 0) is 11.3 Å².